The number of rotatable bonds is 3. The van der Waals surface area contributed by atoms with Gasteiger partial charge >= 0.3 is 5.97 Å². The van der Waals surface area contributed by atoms with Crippen molar-refractivity contribution in [3.05, 3.63) is 51.4 Å². The van der Waals surface area contributed by atoms with E-state index >= 15 is 0 Å². The second kappa shape index (κ2) is 6.68. The van der Waals surface area contributed by atoms with Crippen molar-refractivity contribution in [3.8, 4) is 5.75 Å². The molecule has 1 N–H and O–H groups in total. The lowest BCUT2D eigenvalue weighted by Gasteiger charge is -2.20. The Labute approximate surface area is 147 Å². The number of nitrogens with zero attached hydrogens (tertiary/aromatic N) is 1. The van der Waals surface area contributed by atoms with Crippen LogP contribution < -0.4 is 4.74 Å². The van der Waals surface area contributed by atoms with Crippen LogP contribution >= 0.6 is 15.9 Å². The van der Waals surface area contributed by atoms with E-state index in [1.54, 1.807) is 11.8 Å². The SMILES string of the molecule is Cc1coc(CC(=O)O)c1C(=O)N1CCOc2ccc(Br)cc2C1. The fraction of sp³-hybridized carbons (Fsp3) is 0.294. The van der Waals surface area contributed by atoms with Crippen LogP contribution in [0.5, 0.6) is 5.75 Å². The average Bonchev–Trinajstić information content (AvgIpc) is 2.75. The molecule has 0 radical (unpaired) electrons. The molecule has 7 heteroatoms. The minimum Gasteiger partial charge on any atom is -0.491 e. The van der Waals surface area contributed by atoms with E-state index in [2.05, 4.69) is 15.9 Å². The molecule has 2 aromatic rings. The van der Waals surface area contributed by atoms with Crippen molar-refractivity contribution < 1.29 is 23.8 Å². The molecule has 0 bridgehead atoms. The monoisotopic (exact) mass is 393 g/mol. The second-order valence-corrected chi connectivity index (χ2v) is 6.53. The number of aliphatic carboxylic acids is 1. The van der Waals surface area contributed by atoms with Crippen LogP contribution in [0.2, 0.25) is 0 Å². The molecule has 0 spiro atoms. The van der Waals surface area contributed by atoms with Gasteiger partial charge in [0.1, 0.15) is 24.5 Å². The van der Waals surface area contributed by atoms with E-state index in [9.17, 15) is 9.59 Å². The van der Waals surface area contributed by atoms with E-state index in [-0.39, 0.29) is 18.1 Å². The highest BCUT2D eigenvalue weighted by molar-refractivity contribution is 9.10. The van der Waals surface area contributed by atoms with Crippen LogP contribution in [-0.2, 0) is 17.8 Å². The van der Waals surface area contributed by atoms with E-state index < -0.39 is 5.97 Å². The molecule has 1 aliphatic heterocycles. The van der Waals surface area contributed by atoms with Gasteiger partial charge in [0.05, 0.1) is 18.4 Å². The summed E-state index contributed by atoms with van der Waals surface area (Å²) >= 11 is 3.42. The van der Waals surface area contributed by atoms with Gasteiger partial charge in [0.2, 0.25) is 0 Å². The van der Waals surface area contributed by atoms with E-state index in [1.165, 1.54) is 6.26 Å². The Morgan fingerprint density at radius 2 is 2.17 bits per heavy atom. The first-order valence-corrected chi connectivity index (χ1v) is 8.24. The second-order valence-electron chi connectivity index (χ2n) is 5.61. The number of hydrogen-bond donors (Lipinski definition) is 1. The maximum Gasteiger partial charge on any atom is 0.311 e. The fourth-order valence-electron chi connectivity index (χ4n) is 2.75. The Hall–Kier alpha value is -2.28. The summed E-state index contributed by atoms with van der Waals surface area (Å²) in [6.07, 6.45) is 1.10. The van der Waals surface area contributed by atoms with Crippen LogP contribution in [0.25, 0.3) is 0 Å². The number of carboxylic acids is 1. The van der Waals surface area contributed by atoms with Crippen LogP contribution in [0.3, 0.4) is 0 Å². The lowest BCUT2D eigenvalue weighted by Crippen LogP contribution is -2.33. The number of furan rings is 1. The largest absolute Gasteiger partial charge is 0.491 e. The zero-order valence-electron chi connectivity index (χ0n) is 13.0. The van der Waals surface area contributed by atoms with Gasteiger partial charge in [-0.05, 0) is 25.1 Å². The molecule has 1 aromatic heterocycles. The maximum atomic E-state index is 12.9. The first-order valence-electron chi connectivity index (χ1n) is 7.45. The predicted octanol–water partition coefficient (Wildman–Crippen LogP) is 3.01. The van der Waals surface area contributed by atoms with Crippen molar-refractivity contribution in [2.24, 2.45) is 0 Å². The molecule has 1 amide bonds. The number of ether oxygens (including phenoxy) is 1. The van der Waals surface area contributed by atoms with Crippen molar-refractivity contribution in [3.63, 3.8) is 0 Å². The summed E-state index contributed by atoms with van der Waals surface area (Å²) in [5, 5.41) is 8.99. The standard InChI is InChI=1S/C17H16BrNO5/c1-10-9-24-14(7-15(20)21)16(10)17(22)19-4-5-23-13-3-2-12(18)6-11(13)8-19/h2-3,6,9H,4-5,7-8H2,1H3,(H,20,21). The molecule has 0 fully saturated rings. The molecule has 0 unspecified atom stereocenters. The van der Waals surface area contributed by atoms with Crippen LogP contribution in [0, 0.1) is 6.92 Å². The lowest BCUT2D eigenvalue weighted by molar-refractivity contribution is -0.136. The van der Waals surface area contributed by atoms with Crippen molar-refractivity contribution in [1.82, 2.24) is 4.90 Å². The van der Waals surface area contributed by atoms with Gasteiger partial charge in [-0.3, -0.25) is 9.59 Å². The molecule has 3 rings (SSSR count). The Bertz CT molecular complexity index is 798. The van der Waals surface area contributed by atoms with Crippen LogP contribution in [0.4, 0.5) is 0 Å². The summed E-state index contributed by atoms with van der Waals surface area (Å²) in [6, 6.07) is 5.68. The molecule has 24 heavy (non-hydrogen) atoms. The molecule has 0 aliphatic carbocycles. The van der Waals surface area contributed by atoms with Gasteiger partial charge in [-0.15, -0.1) is 0 Å². The molecule has 6 nitrogen and oxygen atoms in total. The highest BCUT2D eigenvalue weighted by Crippen LogP contribution is 2.28. The predicted molar refractivity (Wildman–Crippen MR) is 89.2 cm³/mol. The third kappa shape index (κ3) is 3.31. The molecular weight excluding hydrogens is 378 g/mol. The molecule has 0 saturated heterocycles. The minimum absolute atomic E-state index is 0.185. The lowest BCUT2D eigenvalue weighted by atomic mass is 10.1. The van der Waals surface area contributed by atoms with E-state index in [0.717, 1.165) is 15.8 Å². The normalized spacial score (nSPS) is 13.8. The average molecular weight is 394 g/mol. The van der Waals surface area contributed by atoms with Crippen LogP contribution in [0.1, 0.15) is 27.2 Å². The number of carbonyl (C=O) groups excluding carboxylic acids is 1. The zero-order chi connectivity index (χ0) is 17.3. The molecule has 1 aliphatic rings. The highest BCUT2D eigenvalue weighted by Gasteiger charge is 2.27. The van der Waals surface area contributed by atoms with Crippen molar-refractivity contribution in [2.75, 3.05) is 13.2 Å². The number of carbonyl (C=O) groups is 2. The Kier molecular flexibility index (Phi) is 4.62. The van der Waals surface area contributed by atoms with Gasteiger partial charge in [-0.25, -0.2) is 0 Å². The van der Waals surface area contributed by atoms with E-state index in [0.29, 0.717) is 30.8 Å². The number of aryl methyl sites for hydroxylation is 1. The highest BCUT2D eigenvalue weighted by atomic mass is 79.9. The number of amides is 1. The van der Waals surface area contributed by atoms with Gasteiger partial charge in [-0.2, -0.15) is 0 Å². The number of carboxylic acid groups (broad SMARTS) is 1. The zero-order valence-corrected chi connectivity index (χ0v) is 14.6. The Morgan fingerprint density at radius 1 is 1.38 bits per heavy atom. The molecule has 126 valence electrons. The van der Waals surface area contributed by atoms with E-state index in [1.807, 2.05) is 18.2 Å². The third-order valence-corrected chi connectivity index (χ3v) is 4.36. The first-order chi connectivity index (χ1) is 11.5. The van der Waals surface area contributed by atoms with Crippen LogP contribution in [0.15, 0.2) is 33.4 Å². The topological polar surface area (TPSA) is 80.0 Å². The van der Waals surface area contributed by atoms with Crippen molar-refractivity contribution >= 4 is 27.8 Å². The van der Waals surface area contributed by atoms with Gasteiger partial charge in [0.25, 0.3) is 5.91 Å². The number of fused-ring (bicyclic) bond motifs is 1. The van der Waals surface area contributed by atoms with Crippen LogP contribution in [-0.4, -0.2) is 35.0 Å². The molecule has 2 heterocycles. The minimum atomic E-state index is -1.04. The van der Waals surface area contributed by atoms with Gasteiger partial charge in [0.15, 0.2) is 0 Å². The Balaban J connectivity index is 1.90. The summed E-state index contributed by atoms with van der Waals surface area (Å²) in [5.41, 5.74) is 1.86. The summed E-state index contributed by atoms with van der Waals surface area (Å²) in [4.78, 5) is 25.6. The summed E-state index contributed by atoms with van der Waals surface area (Å²) in [7, 11) is 0. The summed E-state index contributed by atoms with van der Waals surface area (Å²) < 4.78 is 11.9. The molecule has 1 aromatic carbocycles. The number of hydrogen-bond acceptors (Lipinski definition) is 4. The number of halogens is 1. The fourth-order valence-corrected chi connectivity index (χ4v) is 3.16. The van der Waals surface area contributed by atoms with Gasteiger partial charge in [-0.1, -0.05) is 15.9 Å². The quantitative estimate of drug-likeness (QED) is 0.866. The van der Waals surface area contributed by atoms with Gasteiger partial charge in [0, 0.05) is 22.1 Å². The molecule has 0 atom stereocenters. The third-order valence-electron chi connectivity index (χ3n) is 3.87. The smallest absolute Gasteiger partial charge is 0.311 e. The van der Waals surface area contributed by atoms with Crippen molar-refractivity contribution in [2.45, 2.75) is 19.9 Å². The van der Waals surface area contributed by atoms with Crippen molar-refractivity contribution in [1.29, 1.82) is 0 Å². The number of benzene rings is 1. The summed E-state index contributed by atoms with van der Waals surface area (Å²) in [5.74, 6) is -0.339. The Morgan fingerprint density at radius 3 is 2.92 bits per heavy atom. The summed E-state index contributed by atoms with van der Waals surface area (Å²) in [6.45, 7) is 2.93. The van der Waals surface area contributed by atoms with E-state index in [4.69, 9.17) is 14.3 Å². The van der Waals surface area contributed by atoms with Gasteiger partial charge < -0.3 is 19.2 Å². The maximum absolute atomic E-state index is 12.9. The molecule has 0 saturated carbocycles. The first kappa shape index (κ1) is 16.6. The molecular formula is C17H16BrNO5.